The van der Waals surface area contributed by atoms with Gasteiger partial charge in [0, 0.05) is 23.5 Å². The van der Waals surface area contributed by atoms with Crippen molar-refractivity contribution in [3.8, 4) is 5.69 Å². The molecule has 0 fully saturated rings. The zero-order valence-electron chi connectivity index (χ0n) is 17.1. The molecular formula is C20H21N9O2. The maximum absolute atomic E-state index is 12.2. The van der Waals surface area contributed by atoms with Crippen LogP contribution < -0.4 is 10.6 Å². The minimum Gasteiger partial charge on any atom is -0.347 e. The zero-order chi connectivity index (χ0) is 21.8. The molecule has 0 unspecified atom stereocenters. The molecule has 0 spiro atoms. The Morgan fingerprint density at radius 2 is 1.84 bits per heavy atom. The Morgan fingerprint density at radius 3 is 2.58 bits per heavy atom. The van der Waals surface area contributed by atoms with E-state index in [1.165, 1.54) is 12.7 Å². The van der Waals surface area contributed by atoms with Gasteiger partial charge in [-0.25, -0.2) is 19.2 Å². The third-order valence-electron chi connectivity index (χ3n) is 4.87. The van der Waals surface area contributed by atoms with Gasteiger partial charge < -0.3 is 10.6 Å². The molecule has 31 heavy (non-hydrogen) atoms. The maximum Gasteiger partial charge on any atom is 0.252 e. The summed E-state index contributed by atoms with van der Waals surface area (Å²) in [7, 11) is 0. The van der Waals surface area contributed by atoms with Crippen LogP contribution in [0.5, 0.6) is 0 Å². The molecule has 158 valence electrons. The van der Waals surface area contributed by atoms with Gasteiger partial charge in [-0.15, -0.1) is 0 Å². The van der Waals surface area contributed by atoms with Crippen LogP contribution in [0.25, 0.3) is 11.5 Å². The summed E-state index contributed by atoms with van der Waals surface area (Å²) in [4.78, 5) is 36.8. The van der Waals surface area contributed by atoms with Gasteiger partial charge in [-0.3, -0.25) is 9.59 Å². The zero-order valence-corrected chi connectivity index (χ0v) is 17.1. The maximum atomic E-state index is 12.2. The summed E-state index contributed by atoms with van der Waals surface area (Å²) in [6.45, 7) is 3.70. The van der Waals surface area contributed by atoms with Crippen LogP contribution >= 0.6 is 0 Å². The van der Waals surface area contributed by atoms with Crippen LogP contribution in [0.3, 0.4) is 0 Å². The minimum atomic E-state index is -0.306. The Labute approximate surface area is 177 Å². The average Bonchev–Trinajstić information content (AvgIpc) is 3.45. The van der Waals surface area contributed by atoms with Gasteiger partial charge in [-0.05, 0) is 50.1 Å². The standard InChI is InChI=1S/C20H21N9O2/c1-13-17(14(2)29-20(26-13)23-11-25-29)7-8-18(30)22-9-19(31)27-15-3-5-16(6-4-15)28-12-21-10-24-28/h3-6,10-12H,7-9H2,1-2H3,(H,22,30)(H,27,31). The van der Waals surface area contributed by atoms with E-state index in [0.717, 1.165) is 22.6 Å². The summed E-state index contributed by atoms with van der Waals surface area (Å²) in [5.41, 5.74) is 4.12. The largest absolute Gasteiger partial charge is 0.347 e. The highest BCUT2D eigenvalue weighted by Crippen LogP contribution is 2.15. The smallest absolute Gasteiger partial charge is 0.252 e. The molecule has 0 aliphatic heterocycles. The second kappa shape index (κ2) is 8.69. The summed E-state index contributed by atoms with van der Waals surface area (Å²) in [5, 5.41) is 13.6. The van der Waals surface area contributed by atoms with Crippen molar-refractivity contribution in [3.63, 3.8) is 0 Å². The van der Waals surface area contributed by atoms with Crippen LogP contribution in [0.2, 0.25) is 0 Å². The van der Waals surface area contributed by atoms with E-state index in [0.29, 0.717) is 17.9 Å². The number of hydrogen-bond acceptors (Lipinski definition) is 7. The van der Waals surface area contributed by atoms with Crippen molar-refractivity contribution in [2.24, 2.45) is 0 Å². The van der Waals surface area contributed by atoms with Crippen molar-refractivity contribution in [2.75, 3.05) is 11.9 Å². The van der Waals surface area contributed by atoms with Crippen molar-refractivity contribution in [2.45, 2.75) is 26.7 Å². The van der Waals surface area contributed by atoms with Gasteiger partial charge in [0.15, 0.2) is 0 Å². The van der Waals surface area contributed by atoms with Crippen molar-refractivity contribution in [3.05, 3.63) is 60.2 Å². The second-order valence-electron chi connectivity index (χ2n) is 6.94. The molecule has 2 N–H and O–H groups in total. The molecule has 0 saturated carbocycles. The summed E-state index contributed by atoms with van der Waals surface area (Å²) in [6, 6.07) is 7.15. The average molecular weight is 419 g/mol. The molecule has 11 nitrogen and oxygen atoms in total. The Hall–Kier alpha value is -4.15. The number of nitrogens with one attached hydrogen (secondary N) is 2. The minimum absolute atomic E-state index is 0.109. The number of hydrogen-bond donors (Lipinski definition) is 2. The number of aromatic nitrogens is 7. The van der Waals surface area contributed by atoms with Crippen LogP contribution in [-0.2, 0) is 16.0 Å². The molecular weight excluding hydrogens is 398 g/mol. The third-order valence-corrected chi connectivity index (χ3v) is 4.87. The lowest BCUT2D eigenvalue weighted by Gasteiger charge is -2.11. The molecule has 11 heteroatoms. The number of amides is 2. The first-order chi connectivity index (χ1) is 15.0. The van der Waals surface area contributed by atoms with Crippen LogP contribution in [0.1, 0.15) is 23.4 Å². The van der Waals surface area contributed by atoms with Crippen LogP contribution in [0, 0.1) is 13.8 Å². The first kappa shape index (κ1) is 20.1. The molecule has 3 heterocycles. The molecule has 0 saturated heterocycles. The fourth-order valence-corrected chi connectivity index (χ4v) is 3.27. The summed E-state index contributed by atoms with van der Waals surface area (Å²) >= 11 is 0. The second-order valence-corrected chi connectivity index (χ2v) is 6.94. The molecule has 1 aromatic carbocycles. The van der Waals surface area contributed by atoms with E-state index in [-0.39, 0.29) is 24.8 Å². The third kappa shape index (κ3) is 4.55. The lowest BCUT2D eigenvalue weighted by molar-refractivity contribution is -0.124. The Morgan fingerprint density at radius 1 is 1.03 bits per heavy atom. The molecule has 0 bridgehead atoms. The molecule has 0 radical (unpaired) electrons. The molecule has 3 aromatic heterocycles. The predicted molar refractivity (Wildman–Crippen MR) is 112 cm³/mol. The van der Waals surface area contributed by atoms with E-state index >= 15 is 0 Å². The first-order valence-electron chi connectivity index (χ1n) is 9.68. The molecule has 4 rings (SSSR count). The van der Waals surface area contributed by atoms with E-state index in [1.54, 1.807) is 27.7 Å². The molecule has 0 aliphatic carbocycles. The number of nitrogens with zero attached hydrogens (tertiary/aromatic N) is 7. The van der Waals surface area contributed by atoms with E-state index in [1.807, 2.05) is 26.0 Å². The lowest BCUT2D eigenvalue weighted by atomic mass is 10.1. The molecule has 0 atom stereocenters. The first-order valence-corrected chi connectivity index (χ1v) is 9.68. The van der Waals surface area contributed by atoms with E-state index in [4.69, 9.17) is 0 Å². The molecule has 2 amide bonds. The number of benzene rings is 1. The van der Waals surface area contributed by atoms with Crippen molar-refractivity contribution < 1.29 is 9.59 Å². The summed E-state index contributed by atoms with van der Waals surface area (Å²) in [5.74, 6) is 0.0169. The number of aryl methyl sites for hydroxylation is 2. The van der Waals surface area contributed by atoms with Gasteiger partial charge in [0.25, 0.3) is 5.78 Å². The van der Waals surface area contributed by atoms with Crippen LogP contribution in [0.4, 0.5) is 5.69 Å². The van der Waals surface area contributed by atoms with Gasteiger partial charge in [0.2, 0.25) is 11.8 Å². The fourth-order valence-electron chi connectivity index (χ4n) is 3.27. The van der Waals surface area contributed by atoms with Crippen LogP contribution in [0.15, 0.2) is 43.2 Å². The van der Waals surface area contributed by atoms with Gasteiger partial charge in [0.05, 0.1) is 12.2 Å². The highest BCUT2D eigenvalue weighted by molar-refractivity contribution is 5.94. The summed E-state index contributed by atoms with van der Waals surface area (Å²) < 4.78 is 3.27. The normalized spacial score (nSPS) is 10.9. The van der Waals surface area contributed by atoms with E-state index < -0.39 is 0 Å². The van der Waals surface area contributed by atoms with E-state index in [9.17, 15) is 9.59 Å². The van der Waals surface area contributed by atoms with Crippen LogP contribution in [-0.4, -0.2) is 52.7 Å². The van der Waals surface area contributed by atoms with Gasteiger partial charge in [-0.1, -0.05) is 0 Å². The number of fused-ring (bicyclic) bond motifs is 1. The van der Waals surface area contributed by atoms with Gasteiger partial charge >= 0.3 is 0 Å². The highest BCUT2D eigenvalue weighted by atomic mass is 16.2. The Bertz CT molecular complexity index is 1210. The predicted octanol–water partition coefficient (Wildman–Crippen LogP) is 1.01. The van der Waals surface area contributed by atoms with Crippen molar-refractivity contribution >= 4 is 23.3 Å². The summed E-state index contributed by atoms with van der Waals surface area (Å²) in [6.07, 6.45) is 5.23. The monoisotopic (exact) mass is 419 g/mol. The van der Waals surface area contributed by atoms with Gasteiger partial charge in [0.1, 0.15) is 19.0 Å². The Kier molecular flexibility index (Phi) is 5.65. The van der Waals surface area contributed by atoms with Crippen molar-refractivity contribution in [1.29, 1.82) is 0 Å². The number of carbonyl (C=O) groups excluding carboxylic acids is 2. The number of carbonyl (C=O) groups is 2. The highest BCUT2D eigenvalue weighted by Gasteiger charge is 2.13. The molecule has 0 aliphatic rings. The molecule has 4 aromatic rings. The SMILES string of the molecule is Cc1nc2ncnn2c(C)c1CCC(=O)NCC(=O)Nc1ccc(-n2cncn2)cc1. The fraction of sp³-hybridized carbons (Fsp3) is 0.250. The van der Waals surface area contributed by atoms with Crippen molar-refractivity contribution in [1.82, 2.24) is 39.7 Å². The Balaban J connectivity index is 1.26. The van der Waals surface area contributed by atoms with Gasteiger partial charge in [-0.2, -0.15) is 15.2 Å². The number of rotatable bonds is 7. The topological polar surface area (TPSA) is 132 Å². The lowest BCUT2D eigenvalue weighted by Crippen LogP contribution is -2.33. The number of anilines is 1. The van der Waals surface area contributed by atoms with E-state index in [2.05, 4.69) is 35.8 Å². The quantitative estimate of drug-likeness (QED) is 0.457.